The van der Waals surface area contributed by atoms with Crippen LogP contribution in [0.1, 0.15) is 31.7 Å². The van der Waals surface area contributed by atoms with Gasteiger partial charge in [-0.2, -0.15) is 8.42 Å². The van der Waals surface area contributed by atoms with Crippen molar-refractivity contribution in [1.29, 1.82) is 0 Å². The van der Waals surface area contributed by atoms with E-state index in [-0.39, 0.29) is 22.5 Å². The minimum Gasteiger partial charge on any atom is -0.493 e. The predicted molar refractivity (Wildman–Crippen MR) is 137 cm³/mol. The third-order valence-electron chi connectivity index (χ3n) is 4.93. The van der Waals surface area contributed by atoms with Crippen LogP contribution in [-0.2, 0) is 14.8 Å². The van der Waals surface area contributed by atoms with Crippen molar-refractivity contribution in [2.75, 3.05) is 20.3 Å². The van der Waals surface area contributed by atoms with Gasteiger partial charge in [0.1, 0.15) is 0 Å². The first-order chi connectivity index (χ1) is 16.4. The molecule has 34 heavy (non-hydrogen) atoms. The summed E-state index contributed by atoms with van der Waals surface area (Å²) in [4.78, 5) is 14.7. The average Bonchev–Trinajstić information content (AvgIpc) is 3.11. The van der Waals surface area contributed by atoms with Gasteiger partial charge < -0.3 is 9.47 Å². The normalized spacial score (nSPS) is 16.3. The monoisotopic (exact) mass is 500 g/mol. The molecule has 1 amide bonds. The molecule has 0 spiro atoms. The highest BCUT2D eigenvalue weighted by Crippen LogP contribution is 2.35. The lowest BCUT2D eigenvalue weighted by Gasteiger charge is -2.12. The Morgan fingerprint density at radius 3 is 2.56 bits per heavy atom. The van der Waals surface area contributed by atoms with Crippen molar-refractivity contribution < 1.29 is 22.7 Å². The third-order valence-corrected chi connectivity index (χ3v) is 7.33. The molecule has 180 valence electrons. The maximum atomic E-state index is 13.0. The van der Waals surface area contributed by atoms with Crippen LogP contribution >= 0.6 is 11.8 Å². The number of nitrogens with zero attached hydrogens (tertiary/aromatic N) is 2. The first kappa shape index (κ1) is 25.6. The molecule has 0 radical (unpaired) electrons. The minimum absolute atomic E-state index is 0.0609. The number of hydrogen-bond donors (Lipinski definition) is 0. The highest BCUT2D eigenvalue weighted by molar-refractivity contribution is 8.19. The summed E-state index contributed by atoms with van der Waals surface area (Å²) in [5.41, 5.74) is 0.722. The van der Waals surface area contributed by atoms with Crippen LogP contribution < -0.4 is 9.47 Å². The lowest BCUT2D eigenvalue weighted by molar-refractivity contribution is -0.121. The van der Waals surface area contributed by atoms with Gasteiger partial charge in [0.05, 0.1) is 23.5 Å². The van der Waals surface area contributed by atoms with Crippen molar-refractivity contribution in [3.05, 3.63) is 71.7 Å². The molecule has 1 fully saturated rings. The number of rotatable bonds is 11. The number of unbranched alkanes of at least 4 members (excludes halogenated alkanes) is 2. The fourth-order valence-electron chi connectivity index (χ4n) is 3.19. The molecule has 1 saturated heterocycles. The Labute approximate surface area is 205 Å². The molecule has 1 aliphatic heterocycles. The number of amides is 1. The van der Waals surface area contributed by atoms with Crippen molar-refractivity contribution in [1.82, 2.24) is 4.90 Å². The molecular weight excluding hydrogens is 472 g/mol. The second-order valence-electron chi connectivity index (χ2n) is 7.44. The number of benzene rings is 2. The standard InChI is InChI=1S/C25H28N2O5S2/c1-4-6-10-16-32-21-14-13-19(17-22(21)31-3)18-23-24(28)27(15-5-2)25(33-23)26-34(29,30)20-11-8-7-9-12-20/h5,7-9,11-14,17-18H,2,4,6,10,15-16H2,1,3H3/b23-18-,26-25+. The first-order valence-corrected chi connectivity index (χ1v) is 13.2. The van der Waals surface area contributed by atoms with E-state index in [9.17, 15) is 13.2 Å². The number of ether oxygens (including phenoxy) is 2. The van der Waals surface area contributed by atoms with Crippen molar-refractivity contribution in [3.8, 4) is 11.5 Å². The number of amidine groups is 1. The van der Waals surface area contributed by atoms with Crippen molar-refractivity contribution in [2.45, 2.75) is 31.1 Å². The van der Waals surface area contributed by atoms with E-state index >= 15 is 0 Å². The molecule has 2 aromatic carbocycles. The molecule has 0 aliphatic carbocycles. The van der Waals surface area contributed by atoms with Gasteiger partial charge in [0.25, 0.3) is 15.9 Å². The van der Waals surface area contributed by atoms with E-state index in [0.717, 1.165) is 36.6 Å². The van der Waals surface area contributed by atoms with Crippen LogP contribution in [0.2, 0.25) is 0 Å². The van der Waals surface area contributed by atoms with Gasteiger partial charge in [-0.1, -0.05) is 50.1 Å². The van der Waals surface area contributed by atoms with Gasteiger partial charge in [-0.15, -0.1) is 11.0 Å². The summed E-state index contributed by atoms with van der Waals surface area (Å²) >= 11 is 1.01. The largest absolute Gasteiger partial charge is 0.493 e. The van der Waals surface area contributed by atoms with Crippen molar-refractivity contribution >= 4 is 38.9 Å². The summed E-state index contributed by atoms with van der Waals surface area (Å²) in [6.45, 7) is 6.54. The van der Waals surface area contributed by atoms with Crippen LogP contribution in [0.4, 0.5) is 0 Å². The van der Waals surface area contributed by atoms with Gasteiger partial charge in [-0.3, -0.25) is 9.69 Å². The molecule has 0 unspecified atom stereocenters. The highest BCUT2D eigenvalue weighted by Gasteiger charge is 2.34. The van der Waals surface area contributed by atoms with Gasteiger partial charge >= 0.3 is 0 Å². The Morgan fingerprint density at radius 2 is 1.88 bits per heavy atom. The molecule has 2 aromatic rings. The van der Waals surface area contributed by atoms with Crippen molar-refractivity contribution in [2.24, 2.45) is 4.40 Å². The summed E-state index contributed by atoms with van der Waals surface area (Å²) in [5.74, 6) is 0.853. The number of carbonyl (C=O) groups excluding carboxylic acids is 1. The Kier molecular flexibility index (Phi) is 8.95. The van der Waals surface area contributed by atoms with Crippen LogP contribution in [0.5, 0.6) is 11.5 Å². The molecule has 0 atom stereocenters. The number of thioether (sulfide) groups is 1. The van der Waals surface area contributed by atoms with Crippen LogP contribution in [0.15, 0.2) is 75.4 Å². The smallest absolute Gasteiger partial charge is 0.284 e. The SMILES string of the molecule is C=CCN1C(=O)/C(=C/c2ccc(OCCCCC)c(OC)c2)S/C1=N/S(=O)(=O)c1ccccc1. The molecule has 1 aliphatic rings. The topological polar surface area (TPSA) is 85.3 Å². The first-order valence-electron chi connectivity index (χ1n) is 10.9. The van der Waals surface area contributed by atoms with E-state index < -0.39 is 10.0 Å². The van der Waals surface area contributed by atoms with Gasteiger partial charge in [0, 0.05) is 6.54 Å². The second-order valence-corrected chi connectivity index (χ2v) is 10.1. The van der Waals surface area contributed by atoms with E-state index in [2.05, 4.69) is 17.9 Å². The number of carbonyl (C=O) groups is 1. The molecule has 0 N–H and O–H groups in total. The predicted octanol–water partition coefficient (Wildman–Crippen LogP) is 5.11. The lowest BCUT2D eigenvalue weighted by atomic mass is 10.2. The summed E-state index contributed by atoms with van der Waals surface area (Å²) in [5, 5.41) is 0.0860. The van der Waals surface area contributed by atoms with Gasteiger partial charge in [0.15, 0.2) is 16.7 Å². The average molecular weight is 501 g/mol. The lowest BCUT2D eigenvalue weighted by Crippen LogP contribution is -2.29. The van der Waals surface area contributed by atoms with E-state index in [1.807, 2.05) is 6.07 Å². The van der Waals surface area contributed by atoms with Crippen LogP contribution in [-0.4, -0.2) is 44.7 Å². The van der Waals surface area contributed by atoms with E-state index in [1.165, 1.54) is 23.1 Å². The highest BCUT2D eigenvalue weighted by atomic mass is 32.2. The summed E-state index contributed by atoms with van der Waals surface area (Å²) < 4.78 is 40.7. The molecular formula is C25H28N2O5S2. The minimum atomic E-state index is -3.97. The van der Waals surface area contributed by atoms with Gasteiger partial charge in [-0.05, 0) is 54.1 Å². The summed E-state index contributed by atoms with van der Waals surface area (Å²) in [7, 11) is -2.41. The molecule has 0 bridgehead atoms. The van der Waals surface area contributed by atoms with Gasteiger partial charge in [-0.25, -0.2) is 0 Å². The fraction of sp³-hybridized carbons (Fsp3) is 0.280. The number of hydrogen-bond acceptors (Lipinski definition) is 6. The Balaban J connectivity index is 1.88. The maximum Gasteiger partial charge on any atom is 0.284 e. The fourth-order valence-corrected chi connectivity index (χ4v) is 5.40. The van der Waals surface area contributed by atoms with E-state index in [0.29, 0.717) is 23.0 Å². The van der Waals surface area contributed by atoms with Crippen LogP contribution in [0, 0.1) is 0 Å². The molecule has 0 aromatic heterocycles. The summed E-state index contributed by atoms with van der Waals surface area (Å²) in [6, 6.07) is 13.3. The molecule has 1 heterocycles. The number of sulfonamides is 1. The molecule has 3 rings (SSSR count). The third kappa shape index (κ3) is 6.30. The maximum absolute atomic E-state index is 13.0. The zero-order chi connectivity index (χ0) is 24.6. The Bertz CT molecular complexity index is 1190. The van der Waals surface area contributed by atoms with E-state index in [4.69, 9.17) is 9.47 Å². The van der Waals surface area contributed by atoms with Gasteiger partial charge in [0.2, 0.25) is 0 Å². The Hall–Kier alpha value is -3.04. The zero-order valence-electron chi connectivity index (χ0n) is 19.3. The van der Waals surface area contributed by atoms with Crippen LogP contribution in [0.25, 0.3) is 6.08 Å². The van der Waals surface area contributed by atoms with E-state index in [1.54, 1.807) is 43.5 Å². The molecule has 7 nitrogen and oxygen atoms in total. The molecule has 9 heteroatoms. The zero-order valence-corrected chi connectivity index (χ0v) is 20.9. The second kappa shape index (κ2) is 11.9. The van der Waals surface area contributed by atoms with Crippen molar-refractivity contribution in [3.63, 3.8) is 0 Å². The van der Waals surface area contributed by atoms with Crippen LogP contribution in [0.3, 0.4) is 0 Å². The summed E-state index contributed by atoms with van der Waals surface area (Å²) in [6.07, 6.45) is 6.38. The molecule has 0 saturated carbocycles. The number of methoxy groups -OCH3 is 1. The quantitative estimate of drug-likeness (QED) is 0.242. The Morgan fingerprint density at radius 1 is 1.12 bits per heavy atom.